The number of hydrazine groups is 1. The molecule has 5 atom stereocenters. The minimum atomic E-state index is -1.82. The van der Waals surface area contributed by atoms with Gasteiger partial charge in [0.2, 0.25) is 12.0 Å². The van der Waals surface area contributed by atoms with Crippen molar-refractivity contribution in [1.82, 2.24) is 26.1 Å². The molecule has 10 nitrogen and oxygen atoms in total. The van der Waals surface area contributed by atoms with Crippen LogP contribution in [0.25, 0.3) is 17.0 Å². The molecular formula is C29H36FN5O5. The Bertz CT molecular complexity index is 1340. The maximum atomic E-state index is 14.5. The van der Waals surface area contributed by atoms with Gasteiger partial charge in [0, 0.05) is 11.9 Å². The average Bonchev–Trinajstić information content (AvgIpc) is 2.92. The van der Waals surface area contributed by atoms with E-state index in [1.807, 2.05) is 37.3 Å². The first-order chi connectivity index (χ1) is 18.9. The molecule has 0 spiro atoms. The van der Waals surface area contributed by atoms with Gasteiger partial charge in [-0.05, 0) is 65.2 Å². The minimum Gasteiger partial charge on any atom is -0.448 e. The Kier molecular flexibility index (Phi) is 8.53. The zero-order valence-electron chi connectivity index (χ0n) is 23.4. The van der Waals surface area contributed by atoms with Gasteiger partial charge in [0.1, 0.15) is 18.3 Å². The number of carbonyl (C=O) groups is 4. The van der Waals surface area contributed by atoms with Crippen LogP contribution in [0.1, 0.15) is 64.8 Å². The lowest BCUT2D eigenvalue weighted by Gasteiger charge is -2.35. The highest BCUT2D eigenvalue weighted by molar-refractivity contribution is 5.91. The molecule has 1 fully saturated rings. The summed E-state index contributed by atoms with van der Waals surface area (Å²) in [6.45, 7) is 7.93. The van der Waals surface area contributed by atoms with Gasteiger partial charge in [0.15, 0.2) is 0 Å². The molecule has 3 amide bonds. The lowest BCUT2D eigenvalue weighted by Crippen LogP contribution is -2.61. The van der Waals surface area contributed by atoms with E-state index in [2.05, 4.69) is 16.1 Å². The highest BCUT2D eigenvalue weighted by Gasteiger charge is 2.37. The van der Waals surface area contributed by atoms with E-state index in [1.165, 1.54) is 11.9 Å². The van der Waals surface area contributed by atoms with Crippen LogP contribution < -0.4 is 16.1 Å². The number of amides is 3. The van der Waals surface area contributed by atoms with E-state index >= 15 is 0 Å². The summed E-state index contributed by atoms with van der Waals surface area (Å²) in [7, 11) is 0. The van der Waals surface area contributed by atoms with E-state index in [0.29, 0.717) is 30.6 Å². The van der Waals surface area contributed by atoms with Crippen LogP contribution in [0.4, 0.5) is 4.39 Å². The number of benzene rings is 1. The molecule has 40 heavy (non-hydrogen) atoms. The van der Waals surface area contributed by atoms with E-state index in [4.69, 9.17) is 9.72 Å². The molecule has 2 aromatic rings. The van der Waals surface area contributed by atoms with E-state index in [-0.39, 0.29) is 5.91 Å². The summed E-state index contributed by atoms with van der Waals surface area (Å²) >= 11 is 0. The molecule has 214 valence electrons. The lowest BCUT2D eigenvalue weighted by molar-refractivity contribution is -0.166. The first-order valence-corrected chi connectivity index (χ1v) is 13.5. The first-order valence-electron chi connectivity index (χ1n) is 13.5. The zero-order valence-corrected chi connectivity index (χ0v) is 23.4. The molecule has 1 saturated heterocycles. The number of rotatable bonds is 1. The van der Waals surface area contributed by atoms with Crippen LogP contribution in [0, 0.1) is 5.41 Å². The van der Waals surface area contributed by atoms with Crippen molar-refractivity contribution in [1.29, 1.82) is 0 Å². The second kappa shape index (κ2) is 11.7. The van der Waals surface area contributed by atoms with Gasteiger partial charge < -0.3 is 15.4 Å². The van der Waals surface area contributed by atoms with Crippen molar-refractivity contribution in [3.05, 3.63) is 47.7 Å². The second-order valence-corrected chi connectivity index (χ2v) is 11.0. The number of pyridine rings is 1. The van der Waals surface area contributed by atoms with Crippen molar-refractivity contribution in [2.45, 2.75) is 77.9 Å². The van der Waals surface area contributed by atoms with Crippen molar-refractivity contribution in [2.24, 2.45) is 5.41 Å². The number of hydrogen-bond donors (Lipinski definition) is 3. The number of ether oxygens (including phenoxy) is 1. The second-order valence-electron chi connectivity index (χ2n) is 11.0. The van der Waals surface area contributed by atoms with Crippen LogP contribution in [-0.4, -0.2) is 64.6 Å². The van der Waals surface area contributed by atoms with Crippen LogP contribution in [-0.2, 0) is 23.9 Å². The minimum absolute atomic E-state index is 0.286. The summed E-state index contributed by atoms with van der Waals surface area (Å²) in [6, 6.07) is 7.29. The van der Waals surface area contributed by atoms with Gasteiger partial charge in [-0.1, -0.05) is 30.4 Å². The monoisotopic (exact) mass is 553 g/mol. The summed E-state index contributed by atoms with van der Waals surface area (Å²) in [5.41, 5.74) is 3.90. The summed E-state index contributed by atoms with van der Waals surface area (Å²) in [5, 5.41) is 7.62. The van der Waals surface area contributed by atoms with Gasteiger partial charge in [-0.25, -0.2) is 9.82 Å². The number of carbonyl (C=O) groups excluding carboxylic acids is 4. The summed E-state index contributed by atoms with van der Waals surface area (Å²) in [4.78, 5) is 56.9. The van der Waals surface area contributed by atoms with Crippen molar-refractivity contribution < 1.29 is 28.3 Å². The number of nitrogens with one attached hydrogen (secondary N) is 3. The molecule has 4 rings (SSSR count). The van der Waals surface area contributed by atoms with E-state index in [0.717, 1.165) is 17.9 Å². The van der Waals surface area contributed by atoms with Gasteiger partial charge in [0.25, 0.3) is 11.8 Å². The quantitative estimate of drug-likeness (QED) is 0.463. The number of hydrogen-bond acceptors (Lipinski definition) is 7. The van der Waals surface area contributed by atoms with Gasteiger partial charge in [0.05, 0.1) is 22.7 Å². The highest BCUT2D eigenvalue weighted by atomic mass is 19.1. The van der Waals surface area contributed by atoms with Crippen LogP contribution >= 0.6 is 0 Å². The SMILES string of the molecule is CC(F)[C@@H]1OC(=O)C(C)(C)C=Cc2ccc3ccc(nc3c2)[C@@H](C)NC(=O)[C@@H]2CCCN(N2)C(=O)[C@H](C)NC1=O. The molecule has 1 aromatic heterocycles. The summed E-state index contributed by atoms with van der Waals surface area (Å²) < 4.78 is 19.8. The number of halogens is 1. The third kappa shape index (κ3) is 6.47. The topological polar surface area (TPSA) is 130 Å². The Morgan fingerprint density at radius 2 is 1.75 bits per heavy atom. The maximum Gasteiger partial charge on any atom is 0.316 e. The Balaban J connectivity index is 1.70. The third-order valence-electron chi connectivity index (χ3n) is 7.17. The van der Waals surface area contributed by atoms with E-state index in [1.54, 1.807) is 26.0 Å². The predicted octanol–water partition coefficient (Wildman–Crippen LogP) is 2.74. The number of aromatic nitrogens is 1. The van der Waals surface area contributed by atoms with Crippen LogP contribution in [0.3, 0.4) is 0 Å². The van der Waals surface area contributed by atoms with Gasteiger partial charge in [-0.2, -0.15) is 0 Å². The van der Waals surface area contributed by atoms with Crippen LogP contribution in [0.5, 0.6) is 0 Å². The molecular weight excluding hydrogens is 517 g/mol. The zero-order chi connectivity index (χ0) is 29.2. The summed E-state index contributed by atoms with van der Waals surface area (Å²) in [5.74, 6) is -2.51. The first kappa shape index (κ1) is 29.1. The van der Waals surface area contributed by atoms with Crippen LogP contribution in [0.2, 0.25) is 0 Å². The average molecular weight is 554 g/mol. The Morgan fingerprint density at radius 1 is 1.05 bits per heavy atom. The maximum absolute atomic E-state index is 14.5. The van der Waals surface area contributed by atoms with Crippen molar-refractivity contribution in [3.63, 3.8) is 0 Å². The number of esters is 1. The molecule has 1 unspecified atom stereocenters. The van der Waals surface area contributed by atoms with Crippen LogP contribution in [0.15, 0.2) is 36.4 Å². The molecule has 5 bridgehead atoms. The molecule has 0 saturated carbocycles. The number of cyclic esters (lactones) is 1. The van der Waals surface area contributed by atoms with Gasteiger partial charge in [-0.3, -0.25) is 29.2 Å². The number of alkyl halides is 1. The fraction of sp³-hybridized carbons (Fsp3) is 0.483. The lowest BCUT2D eigenvalue weighted by atomic mass is 9.92. The predicted molar refractivity (Wildman–Crippen MR) is 147 cm³/mol. The van der Waals surface area contributed by atoms with Gasteiger partial charge in [-0.15, -0.1) is 0 Å². The smallest absolute Gasteiger partial charge is 0.316 e. The largest absolute Gasteiger partial charge is 0.448 e. The number of fused-ring (bicyclic) bond motifs is 4. The summed E-state index contributed by atoms with van der Waals surface area (Å²) in [6.07, 6.45) is 0.856. The van der Waals surface area contributed by atoms with Crippen molar-refractivity contribution in [3.8, 4) is 0 Å². The van der Waals surface area contributed by atoms with Gasteiger partial charge >= 0.3 is 5.97 Å². The fourth-order valence-corrected chi connectivity index (χ4v) is 4.60. The third-order valence-corrected chi connectivity index (χ3v) is 7.17. The molecule has 0 radical (unpaired) electrons. The standard InChI is InChI=1S/C29H36FN5O5/c1-16(30)24-26(37)32-18(3)27(38)35-14-6-7-22(34-35)25(36)31-17(2)21-11-10-20-9-8-19(15-23(20)33-21)12-13-29(4,5)28(39)40-24/h8-13,15-18,22,24,34H,6-7,14H2,1-5H3,(H,31,36)(H,32,37)/t16?,17-,18+,22+,24+/m1/s1. The Hall–Kier alpha value is -3.86. The molecule has 0 aliphatic carbocycles. The van der Waals surface area contributed by atoms with Crippen molar-refractivity contribution in [2.75, 3.05) is 6.54 Å². The Labute approximate surface area is 232 Å². The van der Waals surface area contributed by atoms with E-state index < -0.39 is 53.6 Å². The molecule has 3 heterocycles. The molecule has 11 heteroatoms. The molecule has 3 N–H and O–H groups in total. The van der Waals surface area contributed by atoms with Crippen molar-refractivity contribution >= 4 is 40.7 Å². The normalized spacial score (nSPS) is 27.1. The molecule has 1 aromatic carbocycles. The fourth-order valence-electron chi connectivity index (χ4n) is 4.60. The molecule has 2 aliphatic heterocycles. The Morgan fingerprint density at radius 3 is 2.48 bits per heavy atom. The van der Waals surface area contributed by atoms with E-state index in [9.17, 15) is 23.6 Å². The highest BCUT2D eigenvalue weighted by Crippen LogP contribution is 2.25. The number of nitrogens with zero attached hydrogens (tertiary/aromatic N) is 2. The molecule has 2 aliphatic rings.